The molecule has 0 bridgehead atoms. The molecule has 0 unspecified atom stereocenters. The summed E-state index contributed by atoms with van der Waals surface area (Å²) in [6, 6.07) is 8.74. The van der Waals surface area contributed by atoms with Crippen LogP contribution in [0.2, 0.25) is 0 Å². The van der Waals surface area contributed by atoms with Crippen molar-refractivity contribution in [2.75, 3.05) is 26.7 Å². The zero-order chi connectivity index (χ0) is 18.9. The summed E-state index contributed by atoms with van der Waals surface area (Å²) in [5.74, 6) is 0.844. The molecule has 1 aliphatic heterocycles. The second-order valence-electron chi connectivity index (χ2n) is 7.07. The van der Waals surface area contributed by atoms with Crippen molar-refractivity contribution in [3.63, 3.8) is 0 Å². The highest BCUT2D eigenvalue weighted by Crippen LogP contribution is 2.16. The van der Waals surface area contributed by atoms with E-state index in [2.05, 4.69) is 56.7 Å². The zero-order valence-corrected chi connectivity index (χ0v) is 20.1. The van der Waals surface area contributed by atoms with Gasteiger partial charge in [-0.2, -0.15) is 0 Å². The smallest absolute Gasteiger partial charge is 0.191 e. The number of hydrogen-bond acceptors (Lipinski definition) is 4. The van der Waals surface area contributed by atoms with Crippen LogP contribution in [0.5, 0.6) is 0 Å². The number of rotatable bonds is 7. The lowest BCUT2D eigenvalue weighted by Crippen LogP contribution is -2.38. The number of guanidine groups is 1. The average molecular weight is 513 g/mol. The number of nitrogens with one attached hydrogen (secondary N) is 2. The van der Waals surface area contributed by atoms with Crippen molar-refractivity contribution in [2.24, 2.45) is 4.99 Å². The average Bonchev–Trinajstić information content (AvgIpc) is 3.11. The Morgan fingerprint density at radius 3 is 2.57 bits per heavy atom. The van der Waals surface area contributed by atoms with E-state index >= 15 is 0 Å². The first-order valence-corrected chi connectivity index (χ1v) is 10.7. The van der Waals surface area contributed by atoms with Gasteiger partial charge in [-0.25, -0.2) is 4.98 Å². The van der Waals surface area contributed by atoms with Crippen LogP contribution in [0.4, 0.5) is 0 Å². The molecule has 0 atom stereocenters. The highest BCUT2D eigenvalue weighted by Gasteiger charge is 2.12. The Bertz CT molecular complexity index is 740. The highest BCUT2D eigenvalue weighted by atomic mass is 127. The fraction of sp³-hybridized carbons (Fsp3) is 0.524. The number of thiazole rings is 1. The van der Waals surface area contributed by atoms with Crippen LogP contribution < -0.4 is 10.6 Å². The van der Waals surface area contributed by atoms with Gasteiger partial charge >= 0.3 is 0 Å². The molecule has 2 N–H and O–H groups in total. The van der Waals surface area contributed by atoms with Crippen LogP contribution in [0, 0.1) is 6.92 Å². The zero-order valence-electron chi connectivity index (χ0n) is 16.9. The third kappa shape index (κ3) is 7.33. The van der Waals surface area contributed by atoms with Crippen LogP contribution >= 0.6 is 35.3 Å². The molecule has 2 aromatic rings. The van der Waals surface area contributed by atoms with Crippen molar-refractivity contribution in [3.8, 4) is 0 Å². The summed E-state index contributed by atoms with van der Waals surface area (Å²) in [6.07, 6.45) is 6.89. The van der Waals surface area contributed by atoms with Gasteiger partial charge < -0.3 is 10.6 Å². The summed E-state index contributed by atoms with van der Waals surface area (Å²) in [6.45, 7) is 7.22. The fourth-order valence-electron chi connectivity index (χ4n) is 3.45. The number of nitrogens with zero attached hydrogens (tertiary/aromatic N) is 3. The predicted octanol–water partition coefficient (Wildman–Crippen LogP) is 3.96. The number of benzene rings is 1. The third-order valence-corrected chi connectivity index (χ3v) is 5.90. The van der Waals surface area contributed by atoms with Crippen LogP contribution in [0.3, 0.4) is 0 Å². The van der Waals surface area contributed by atoms with E-state index in [1.807, 2.05) is 13.2 Å². The van der Waals surface area contributed by atoms with E-state index in [4.69, 9.17) is 0 Å². The maximum absolute atomic E-state index is 4.41. The summed E-state index contributed by atoms with van der Waals surface area (Å²) in [7, 11) is 1.82. The molecule has 3 rings (SSSR count). The topological polar surface area (TPSA) is 52.6 Å². The van der Waals surface area contributed by atoms with E-state index < -0.39 is 0 Å². The Balaban J connectivity index is 0.00000280. The van der Waals surface area contributed by atoms with Crippen molar-refractivity contribution < 1.29 is 0 Å². The lowest BCUT2D eigenvalue weighted by molar-refractivity contribution is 0.220. The summed E-state index contributed by atoms with van der Waals surface area (Å²) in [5, 5.41) is 8.02. The van der Waals surface area contributed by atoms with E-state index in [9.17, 15) is 0 Å². The van der Waals surface area contributed by atoms with Crippen molar-refractivity contribution in [2.45, 2.75) is 45.7 Å². The number of hydrogen-bond donors (Lipinski definition) is 2. The quantitative estimate of drug-likeness (QED) is 0.335. The molecular weight excluding hydrogens is 481 g/mol. The number of aromatic nitrogens is 1. The molecule has 0 spiro atoms. The van der Waals surface area contributed by atoms with Crippen molar-refractivity contribution in [1.82, 2.24) is 20.5 Å². The van der Waals surface area contributed by atoms with Gasteiger partial charge in [-0.15, -0.1) is 35.3 Å². The first-order chi connectivity index (χ1) is 13.2. The molecule has 0 radical (unpaired) electrons. The Morgan fingerprint density at radius 2 is 1.89 bits per heavy atom. The lowest BCUT2D eigenvalue weighted by Gasteiger charge is -2.27. The fourth-order valence-corrected chi connectivity index (χ4v) is 4.23. The minimum atomic E-state index is 0. The molecule has 154 valence electrons. The standard InChI is InChI=1S/C21H31N5S.HI/c1-17-14-24-20(27-17)10-11-23-21(22-2)25-15-18-8-4-5-9-19(18)16-26-12-6-3-7-13-26;/h4-5,8-9,14H,3,6-7,10-13,15-16H2,1-2H3,(H2,22,23,25);1H. The van der Waals surface area contributed by atoms with Gasteiger partial charge in [-0.3, -0.25) is 9.89 Å². The van der Waals surface area contributed by atoms with Crippen molar-refractivity contribution >= 4 is 41.3 Å². The number of likely N-dealkylation sites (tertiary alicyclic amines) is 1. The molecule has 2 heterocycles. The van der Waals surface area contributed by atoms with Crippen molar-refractivity contribution in [3.05, 3.63) is 51.5 Å². The summed E-state index contributed by atoms with van der Waals surface area (Å²) in [5.41, 5.74) is 2.77. The maximum Gasteiger partial charge on any atom is 0.191 e. The van der Waals surface area contributed by atoms with E-state index in [-0.39, 0.29) is 24.0 Å². The second kappa shape index (κ2) is 12.4. The molecule has 1 saturated heterocycles. The van der Waals surface area contributed by atoms with Gasteiger partial charge in [-0.1, -0.05) is 30.7 Å². The molecule has 0 aliphatic carbocycles. The van der Waals surface area contributed by atoms with Gasteiger partial charge in [0.2, 0.25) is 0 Å². The lowest BCUT2D eigenvalue weighted by atomic mass is 10.0. The molecule has 5 nitrogen and oxygen atoms in total. The molecule has 1 aromatic heterocycles. The van der Waals surface area contributed by atoms with E-state index in [1.165, 1.54) is 53.4 Å². The molecule has 0 amide bonds. The van der Waals surface area contributed by atoms with E-state index in [1.54, 1.807) is 11.3 Å². The minimum Gasteiger partial charge on any atom is -0.356 e. The number of piperidine rings is 1. The molecular formula is C21H32IN5S. The predicted molar refractivity (Wildman–Crippen MR) is 130 cm³/mol. The van der Waals surface area contributed by atoms with Crippen LogP contribution in [-0.4, -0.2) is 42.5 Å². The molecule has 1 aliphatic rings. The molecule has 28 heavy (non-hydrogen) atoms. The number of aryl methyl sites for hydroxylation is 1. The summed E-state index contributed by atoms with van der Waals surface area (Å²) < 4.78 is 0. The highest BCUT2D eigenvalue weighted by molar-refractivity contribution is 14.0. The number of halogens is 1. The van der Waals surface area contributed by atoms with Gasteiger partial charge in [0, 0.05) is 44.2 Å². The summed E-state index contributed by atoms with van der Waals surface area (Å²) in [4.78, 5) is 12.6. The van der Waals surface area contributed by atoms with E-state index in [0.717, 1.165) is 32.0 Å². The normalized spacial score (nSPS) is 15.1. The maximum atomic E-state index is 4.41. The van der Waals surface area contributed by atoms with Gasteiger partial charge in [-0.05, 0) is 44.0 Å². The van der Waals surface area contributed by atoms with Crippen molar-refractivity contribution in [1.29, 1.82) is 0 Å². The first-order valence-electron chi connectivity index (χ1n) is 9.89. The summed E-state index contributed by atoms with van der Waals surface area (Å²) >= 11 is 1.76. The van der Waals surface area contributed by atoms with Gasteiger partial charge in [0.25, 0.3) is 0 Å². The Kier molecular flexibility index (Phi) is 10.2. The van der Waals surface area contributed by atoms with Gasteiger partial charge in [0.15, 0.2) is 5.96 Å². The van der Waals surface area contributed by atoms with Crippen LogP contribution in [0.25, 0.3) is 0 Å². The first kappa shape index (κ1) is 23.1. The third-order valence-electron chi connectivity index (χ3n) is 4.93. The van der Waals surface area contributed by atoms with Crippen LogP contribution in [0.15, 0.2) is 35.5 Å². The monoisotopic (exact) mass is 513 g/mol. The van der Waals surface area contributed by atoms with Crippen LogP contribution in [0.1, 0.15) is 40.3 Å². The molecule has 0 saturated carbocycles. The largest absolute Gasteiger partial charge is 0.356 e. The minimum absolute atomic E-state index is 0. The number of aliphatic imine (C=N–C) groups is 1. The second-order valence-corrected chi connectivity index (χ2v) is 8.39. The van der Waals surface area contributed by atoms with E-state index in [0.29, 0.717) is 0 Å². The Morgan fingerprint density at radius 1 is 1.14 bits per heavy atom. The molecule has 1 aromatic carbocycles. The van der Waals surface area contributed by atoms with Gasteiger partial charge in [0.05, 0.1) is 5.01 Å². The Hall–Kier alpha value is -1.19. The SMILES string of the molecule is CN=C(NCCc1ncc(C)s1)NCc1ccccc1CN1CCCCC1.I. The van der Waals surface area contributed by atoms with Crippen LogP contribution in [-0.2, 0) is 19.5 Å². The van der Waals surface area contributed by atoms with Gasteiger partial charge in [0.1, 0.15) is 0 Å². The molecule has 7 heteroatoms. The Labute approximate surface area is 190 Å². The molecule has 1 fully saturated rings.